The van der Waals surface area contributed by atoms with Crippen molar-refractivity contribution in [2.24, 2.45) is 0 Å². The van der Waals surface area contributed by atoms with Crippen LogP contribution in [0.25, 0.3) is 0 Å². The summed E-state index contributed by atoms with van der Waals surface area (Å²) in [7, 11) is 0. The number of nitro groups is 2. The molecule has 0 radical (unpaired) electrons. The molecule has 0 bridgehead atoms. The van der Waals surface area contributed by atoms with E-state index in [0.717, 1.165) is 0 Å². The lowest BCUT2D eigenvalue weighted by Gasteiger charge is -2.12. The molecule has 1 aliphatic carbocycles. The third kappa shape index (κ3) is 10.3. The van der Waals surface area contributed by atoms with E-state index in [0.29, 0.717) is 43.7 Å². The average Bonchev–Trinajstić information content (AvgIpc) is 2.55. The van der Waals surface area contributed by atoms with Crippen LogP contribution in [-0.4, -0.2) is 40.8 Å². The minimum absolute atomic E-state index is 0. The Bertz CT molecular complexity index is 451. The third-order valence-corrected chi connectivity index (χ3v) is 3.36. The molecule has 1 rings (SSSR count). The first kappa shape index (κ1) is 23.8. The average molecular weight is 344 g/mol. The van der Waals surface area contributed by atoms with Gasteiger partial charge in [-0.2, -0.15) is 0 Å². The van der Waals surface area contributed by atoms with Crippen LogP contribution >= 0.6 is 0 Å². The zero-order valence-corrected chi connectivity index (χ0v) is 12.7. The largest absolute Gasteiger partial charge is 0.303 e. The lowest BCUT2D eigenvalue weighted by Crippen LogP contribution is -2.22. The summed E-state index contributed by atoms with van der Waals surface area (Å²) in [4.78, 5) is 49.9. The van der Waals surface area contributed by atoms with Crippen molar-refractivity contribution in [3.63, 3.8) is 0 Å². The number of allylic oxidation sites excluding steroid dienone is 1. The highest BCUT2D eigenvalue weighted by molar-refractivity contribution is 5.73. The summed E-state index contributed by atoms with van der Waals surface area (Å²) in [6.07, 6.45) is 6.11. The van der Waals surface area contributed by atoms with Crippen LogP contribution in [0.15, 0.2) is 11.6 Å². The summed E-state index contributed by atoms with van der Waals surface area (Å²) in [6.45, 7) is 0. The summed E-state index contributed by atoms with van der Waals surface area (Å²) < 4.78 is 0. The van der Waals surface area contributed by atoms with Crippen LogP contribution in [0.1, 0.15) is 52.4 Å². The van der Waals surface area contributed by atoms with Gasteiger partial charge in [-0.15, -0.1) is 0 Å². The molecule has 9 nitrogen and oxygen atoms in total. The van der Waals surface area contributed by atoms with Crippen molar-refractivity contribution in [2.75, 3.05) is 0 Å². The molecule has 0 N–H and O–H groups in total. The summed E-state index contributed by atoms with van der Waals surface area (Å²) in [5.41, 5.74) is 0.568. The molecule has 1 atom stereocenters. The Balaban J connectivity index is 0. The topological polar surface area (TPSA) is 137 Å². The molecule has 0 fully saturated rings. The van der Waals surface area contributed by atoms with Crippen molar-refractivity contribution >= 4 is 18.9 Å². The quantitative estimate of drug-likeness (QED) is 0.355. The van der Waals surface area contributed by atoms with Gasteiger partial charge in [-0.1, -0.05) is 13.5 Å². The normalized spacial score (nSPS) is 15.9. The van der Waals surface area contributed by atoms with Crippen LogP contribution in [0.3, 0.4) is 0 Å². The van der Waals surface area contributed by atoms with E-state index < -0.39 is 17.0 Å². The Morgan fingerprint density at radius 2 is 1.67 bits per heavy atom. The zero-order valence-electron chi connectivity index (χ0n) is 12.7. The number of hydrogen-bond donors (Lipinski definition) is 0. The summed E-state index contributed by atoms with van der Waals surface area (Å²) in [5, 5.41) is 20.6. The lowest BCUT2D eigenvalue weighted by atomic mass is 9.96. The number of carbonyl (C=O) groups is 3. The fraction of sp³-hybridized carbons (Fsp3) is 0.667. The molecule has 0 saturated carbocycles. The first-order chi connectivity index (χ1) is 11.0. The molecule has 0 spiro atoms. The Labute approximate surface area is 140 Å². The summed E-state index contributed by atoms with van der Waals surface area (Å²) in [6, 6.07) is -1.29. The van der Waals surface area contributed by atoms with Gasteiger partial charge in [0.05, 0.1) is 0 Å². The van der Waals surface area contributed by atoms with E-state index >= 15 is 0 Å². The van der Waals surface area contributed by atoms with Gasteiger partial charge in [0.15, 0.2) is 0 Å². The van der Waals surface area contributed by atoms with E-state index in [1.807, 2.05) is 0 Å². The number of nitrogens with zero attached hydrogens (tertiary/aromatic N) is 2. The molecule has 1 unspecified atom stereocenters. The maximum absolute atomic E-state index is 10.3. The fourth-order valence-electron chi connectivity index (χ4n) is 2.07. The van der Waals surface area contributed by atoms with Crippen LogP contribution in [0.2, 0.25) is 0 Å². The smallest absolute Gasteiger partial charge is 0.217 e. The van der Waals surface area contributed by atoms with Crippen molar-refractivity contribution in [3.8, 4) is 0 Å². The molecular weight excluding hydrogens is 320 g/mol. The molecule has 136 valence electrons. The number of rotatable bonds is 9. The van der Waals surface area contributed by atoms with Gasteiger partial charge in [0.25, 0.3) is 0 Å². The van der Waals surface area contributed by atoms with Crippen molar-refractivity contribution in [3.05, 3.63) is 31.9 Å². The number of hydrogen-bond acceptors (Lipinski definition) is 7. The second kappa shape index (κ2) is 14.2. The predicted octanol–water partition coefficient (Wildman–Crippen LogP) is 2.17. The Morgan fingerprint density at radius 3 is 2.04 bits per heavy atom. The van der Waals surface area contributed by atoms with Crippen LogP contribution in [0.5, 0.6) is 0 Å². The maximum atomic E-state index is 10.3. The van der Waals surface area contributed by atoms with Gasteiger partial charge in [-0.05, 0) is 12.0 Å². The Morgan fingerprint density at radius 1 is 1.12 bits per heavy atom. The van der Waals surface area contributed by atoms with Gasteiger partial charge in [0.1, 0.15) is 18.9 Å². The molecule has 24 heavy (non-hydrogen) atoms. The standard InChI is InChI=1S/C7H11NO4.C7H9NO3.CH4/c9-5-1-3-7(8(11)12)4-2-6-10;9-5-6-2-1-3-7(4-6)8(10)11;/h5-7H,1-4H2;2,5,7H,1,3-4H2;1H4. The first-order valence-corrected chi connectivity index (χ1v) is 7.24. The van der Waals surface area contributed by atoms with Gasteiger partial charge >= 0.3 is 0 Å². The van der Waals surface area contributed by atoms with Crippen molar-refractivity contribution < 1.29 is 24.2 Å². The van der Waals surface area contributed by atoms with Gasteiger partial charge in [0, 0.05) is 48.4 Å². The van der Waals surface area contributed by atoms with Gasteiger partial charge in [-0.3, -0.25) is 25.0 Å². The summed E-state index contributed by atoms with van der Waals surface area (Å²) >= 11 is 0. The van der Waals surface area contributed by atoms with E-state index in [-0.39, 0.29) is 38.0 Å². The van der Waals surface area contributed by atoms with Gasteiger partial charge in [-0.25, -0.2) is 0 Å². The lowest BCUT2D eigenvalue weighted by molar-refractivity contribution is -0.524. The molecular formula is C15H24N2O7. The summed E-state index contributed by atoms with van der Waals surface area (Å²) in [5.74, 6) is 0. The molecule has 1 aliphatic rings. The monoisotopic (exact) mass is 344 g/mol. The second-order valence-electron chi connectivity index (χ2n) is 5.04. The van der Waals surface area contributed by atoms with E-state index in [9.17, 15) is 34.6 Å². The molecule has 0 aromatic heterocycles. The minimum atomic E-state index is -0.750. The Kier molecular flexibility index (Phi) is 14.1. The SMILES string of the molecule is C.O=CC1=CCCC([N+](=O)[O-])C1.O=CCCC(CCC=O)[N+](=O)[O-]. The minimum Gasteiger partial charge on any atom is -0.303 e. The highest BCUT2D eigenvalue weighted by Gasteiger charge is 2.23. The molecule has 0 aromatic rings. The maximum Gasteiger partial charge on any atom is 0.217 e. The predicted molar refractivity (Wildman–Crippen MR) is 86.9 cm³/mol. The molecule has 0 aliphatic heterocycles. The number of aldehydes is 3. The molecule has 9 heteroatoms. The molecule has 0 aromatic carbocycles. The van der Waals surface area contributed by atoms with Crippen molar-refractivity contribution in [1.29, 1.82) is 0 Å². The van der Waals surface area contributed by atoms with Gasteiger partial charge in [0.2, 0.25) is 12.1 Å². The van der Waals surface area contributed by atoms with Crippen molar-refractivity contribution in [2.45, 2.75) is 64.5 Å². The third-order valence-electron chi connectivity index (χ3n) is 3.36. The van der Waals surface area contributed by atoms with Gasteiger partial charge < -0.3 is 9.59 Å². The molecule has 0 heterocycles. The van der Waals surface area contributed by atoms with E-state index in [1.165, 1.54) is 0 Å². The van der Waals surface area contributed by atoms with Crippen molar-refractivity contribution in [1.82, 2.24) is 0 Å². The van der Waals surface area contributed by atoms with E-state index in [2.05, 4.69) is 0 Å². The first-order valence-electron chi connectivity index (χ1n) is 7.24. The molecule has 0 saturated heterocycles. The second-order valence-corrected chi connectivity index (χ2v) is 5.04. The fourth-order valence-corrected chi connectivity index (χ4v) is 2.07. The zero-order chi connectivity index (χ0) is 17.7. The Hall–Kier alpha value is -2.45. The molecule has 0 amide bonds. The van der Waals surface area contributed by atoms with E-state index in [4.69, 9.17) is 0 Å². The van der Waals surface area contributed by atoms with Crippen LogP contribution in [0, 0.1) is 20.2 Å². The van der Waals surface area contributed by atoms with Crippen LogP contribution in [0.4, 0.5) is 0 Å². The highest BCUT2D eigenvalue weighted by Crippen LogP contribution is 2.18. The van der Waals surface area contributed by atoms with Crippen LogP contribution < -0.4 is 0 Å². The highest BCUT2D eigenvalue weighted by atomic mass is 16.6. The van der Waals surface area contributed by atoms with Crippen LogP contribution in [-0.2, 0) is 14.4 Å². The number of carbonyl (C=O) groups excluding carboxylic acids is 3. The van der Waals surface area contributed by atoms with E-state index in [1.54, 1.807) is 6.08 Å².